The van der Waals surface area contributed by atoms with Crippen molar-refractivity contribution in [3.8, 4) is 0 Å². The van der Waals surface area contributed by atoms with E-state index in [9.17, 15) is 4.79 Å². The van der Waals surface area contributed by atoms with Crippen molar-refractivity contribution in [2.45, 2.75) is 23.1 Å². The van der Waals surface area contributed by atoms with Crippen LogP contribution in [0.15, 0.2) is 28.0 Å². The first-order valence-electron chi connectivity index (χ1n) is 3.60. The molecular weight excluding hydrogens is 188 g/mol. The van der Waals surface area contributed by atoms with Crippen LogP contribution in [0.1, 0.15) is 12.5 Å². The summed E-state index contributed by atoms with van der Waals surface area (Å²) in [7, 11) is 0. The molecule has 3 heteroatoms. The van der Waals surface area contributed by atoms with E-state index in [0.717, 1.165) is 15.4 Å². The van der Waals surface area contributed by atoms with Gasteiger partial charge in [0.1, 0.15) is 5.78 Å². The summed E-state index contributed by atoms with van der Waals surface area (Å²) in [6, 6.07) is 5.59. The van der Waals surface area contributed by atoms with Crippen molar-refractivity contribution >= 4 is 31.0 Å². The molecule has 0 saturated heterocycles. The van der Waals surface area contributed by atoms with Crippen molar-refractivity contribution in [1.82, 2.24) is 0 Å². The summed E-state index contributed by atoms with van der Waals surface area (Å²) in [5, 5.41) is 0. The van der Waals surface area contributed by atoms with Gasteiger partial charge in [0.25, 0.3) is 0 Å². The normalized spacial score (nSPS) is 9.92. The molecule has 0 radical (unpaired) electrons. The van der Waals surface area contributed by atoms with E-state index in [4.69, 9.17) is 0 Å². The smallest absolute Gasteiger partial charge is 0.134 e. The monoisotopic (exact) mass is 198 g/mol. The second kappa shape index (κ2) is 4.01. The minimum absolute atomic E-state index is 0.131. The van der Waals surface area contributed by atoms with Crippen LogP contribution >= 0.6 is 25.3 Å². The average molecular weight is 198 g/mol. The lowest BCUT2D eigenvalue weighted by Crippen LogP contribution is -1.98. The van der Waals surface area contributed by atoms with Crippen molar-refractivity contribution in [3.05, 3.63) is 23.8 Å². The van der Waals surface area contributed by atoms with Gasteiger partial charge in [0.05, 0.1) is 0 Å². The van der Waals surface area contributed by atoms with Gasteiger partial charge in [-0.15, -0.1) is 25.3 Å². The number of Topliss-reactive ketones (excluding diaryl/α,β-unsaturated/α-hetero) is 1. The molecule has 0 spiro atoms. The van der Waals surface area contributed by atoms with Gasteiger partial charge in [-0.25, -0.2) is 0 Å². The van der Waals surface area contributed by atoms with Crippen molar-refractivity contribution in [3.63, 3.8) is 0 Å². The summed E-state index contributed by atoms with van der Waals surface area (Å²) in [4.78, 5) is 12.5. The zero-order valence-corrected chi connectivity index (χ0v) is 8.53. The molecule has 0 bridgehead atoms. The van der Waals surface area contributed by atoms with Crippen molar-refractivity contribution in [1.29, 1.82) is 0 Å². The lowest BCUT2D eigenvalue weighted by molar-refractivity contribution is -0.116. The lowest BCUT2D eigenvalue weighted by Gasteiger charge is -2.04. The van der Waals surface area contributed by atoms with Gasteiger partial charge < -0.3 is 0 Å². The summed E-state index contributed by atoms with van der Waals surface area (Å²) in [5.74, 6) is 0.131. The van der Waals surface area contributed by atoms with Gasteiger partial charge in [-0.3, -0.25) is 4.79 Å². The molecule has 0 amide bonds. The third-order valence-electron chi connectivity index (χ3n) is 1.55. The predicted molar refractivity (Wildman–Crippen MR) is 55.3 cm³/mol. The summed E-state index contributed by atoms with van der Waals surface area (Å²) in [5.41, 5.74) is 0.914. The largest absolute Gasteiger partial charge is 0.300 e. The molecule has 0 N–H and O–H groups in total. The molecule has 0 aliphatic heterocycles. The van der Waals surface area contributed by atoms with E-state index in [0.29, 0.717) is 6.42 Å². The Kier molecular flexibility index (Phi) is 3.23. The van der Waals surface area contributed by atoms with Crippen molar-refractivity contribution in [2.75, 3.05) is 0 Å². The van der Waals surface area contributed by atoms with E-state index in [1.165, 1.54) is 0 Å². The highest BCUT2D eigenvalue weighted by Crippen LogP contribution is 2.21. The fraction of sp³-hybridized carbons (Fsp3) is 0.222. The van der Waals surface area contributed by atoms with E-state index < -0.39 is 0 Å². The second-order valence-corrected chi connectivity index (χ2v) is 3.62. The number of hydrogen-bond acceptors (Lipinski definition) is 3. The minimum atomic E-state index is 0.131. The van der Waals surface area contributed by atoms with E-state index in [-0.39, 0.29) is 5.78 Å². The highest BCUT2D eigenvalue weighted by atomic mass is 32.1. The maximum atomic E-state index is 10.8. The molecule has 1 aromatic rings. The Balaban J connectivity index is 3.04. The number of ketones is 1. The molecule has 0 fully saturated rings. The summed E-state index contributed by atoms with van der Waals surface area (Å²) < 4.78 is 0. The average Bonchev–Trinajstić information content (AvgIpc) is 1.97. The Morgan fingerprint density at radius 3 is 2.25 bits per heavy atom. The predicted octanol–water partition coefficient (Wildman–Crippen LogP) is 2.40. The van der Waals surface area contributed by atoms with Crippen LogP contribution < -0.4 is 0 Å². The molecule has 64 valence electrons. The SMILES string of the molecule is CC(=O)Cc1c(S)cccc1S. The van der Waals surface area contributed by atoms with Crippen LogP contribution in [-0.2, 0) is 11.2 Å². The van der Waals surface area contributed by atoms with E-state index in [1.54, 1.807) is 6.92 Å². The Bertz CT molecular complexity index is 287. The first kappa shape index (κ1) is 9.68. The Hall–Kier alpha value is -0.410. The molecule has 0 aliphatic carbocycles. The second-order valence-electron chi connectivity index (χ2n) is 2.65. The minimum Gasteiger partial charge on any atom is -0.300 e. The number of benzene rings is 1. The first-order chi connectivity index (χ1) is 5.61. The zero-order chi connectivity index (χ0) is 9.14. The first-order valence-corrected chi connectivity index (χ1v) is 4.50. The number of carbonyl (C=O) groups is 1. The van der Waals surface area contributed by atoms with Crippen molar-refractivity contribution in [2.24, 2.45) is 0 Å². The number of hydrogen-bond donors (Lipinski definition) is 2. The zero-order valence-electron chi connectivity index (χ0n) is 6.74. The highest BCUT2D eigenvalue weighted by Gasteiger charge is 2.04. The van der Waals surface area contributed by atoms with Gasteiger partial charge in [-0.2, -0.15) is 0 Å². The third kappa shape index (κ3) is 2.29. The molecule has 0 aromatic heterocycles. The highest BCUT2D eigenvalue weighted by molar-refractivity contribution is 7.81. The van der Waals surface area contributed by atoms with Crippen LogP contribution in [-0.4, -0.2) is 5.78 Å². The van der Waals surface area contributed by atoms with Gasteiger partial charge in [0.15, 0.2) is 0 Å². The molecule has 12 heavy (non-hydrogen) atoms. The molecule has 0 saturated carbocycles. The van der Waals surface area contributed by atoms with E-state index in [1.807, 2.05) is 18.2 Å². The third-order valence-corrected chi connectivity index (χ3v) is 2.39. The summed E-state index contributed by atoms with van der Waals surface area (Å²) in [6.45, 7) is 1.56. The van der Waals surface area contributed by atoms with Crippen LogP contribution in [0.2, 0.25) is 0 Å². The van der Waals surface area contributed by atoms with E-state index >= 15 is 0 Å². The number of rotatable bonds is 2. The standard InChI is InChI=1S/C9H10OS2/c1-6(10)5-7-8(11)3-2-4-9(7)12/h2-4,11-12H,5H2,1H3. The van der Waals surface area contributed by atoms with Gasteiger partial charge >= 0.3 is 0 Å². The molecule has 1 rings (SSSR count). The Morgan fingerprint density at radius 2 is 1.83 bits per heavy atom. The van der Waals surface area contributed by atoms with E-state index in [2.05, 4.69) is 25.3 Å². The van der Waals surface area contributed by atoms with Crippen LogP contribution in [0.3, 0.4) is 0 Å². The molecule has 0 atom stereocenters. The molecule has 0 unspecified atom stereocenters. The lowest BCUT2D eigenvalue weighted by atomic mass is 10.1. The van der Waals surface area contributed by atoms with Gasteiger partial charge in [0, 0.05) is 16.2 Å². The van der Waals surface area contributed by atoms with Crippen LogP contribution in [0.25, 0.3) is 0 Å². The van der Waals surface area contributed by atoms with Gasteiger partial charge in [0.2, 0.25) is 0 Å². The van der Waals surface area contributed by atoms with Crippen molar-refractivity contribution < 1.29 is 4.79 Å². The summed E-state index contributed by atoms with van der Waals surface area (Å²) in [6.07, 6.45) is 0.415. The molecule has 0 aliphatic rings. The van der Waals surface area contributed by atoms with Crippen LogP contribution in [0, 0.1) is 0 Å². The topological polar surface area (TPSA) is 17.1 Å². The van der Waals surface area contributed by atoms with Gasteiger partial charge in [-0.05, 0) is 24.6 Å². The number of carbonyl (C=O) groups excluding carboxylic acids is 1. The Labute approximate surface area is 83.0 Å². The van der Waals surface area contributed by atoms with Gasteiger partial charge in [-0.1, -0.05) is 6.07 Å². The maximum absolute atomic E-state index is 10.8. The summed E-state index contributed by atoms with van der Waals surface area (Å²) >= 11 is 8.48. The molecular formula is C9H10OS2. The quantitative estimate of drug-likeness (QED) is 0.698. The molecule has 1 nitrogen and oxygen atoms in total. The fourth-order valence-corrected chi connectivity index (χ4v) is 1.65. The van der Waals surface area contributed by atoms with Crippen LogP contribution in [0.4, 0.5) is 0 Å². The molecule has 0 heterocycles. The van der Waals surface area contributed by atoms with Crippen LogP contribution in [0.5, 0.6) is 0 Å². The fourth-order valence-electron chi connectivity index (χ4n) is 0.993. The number of thiol groups is 2. The molecule has 1 aromatic carbocycles. The maximum Gasteiger partial charge on any atom is 0.134 e. The Morgan fingerprint density at radius 1 is 1.33 bits per heavy atom.